The van der Waals surface area contributed by atoms with Crippen LogP contribution in [0, 0.1) is 0 Å². The highest BCUT2D eigenvalue weighted by Gasteiger charge is 2.60. The summed E-state index contributed by atoms with van der Waals surface area (Å²) in [6, 6.07) is 14.0. The largest absolute Gasteiger partial charge is 0.452 e. The monoisotopic (exact) mass is 421 g/mol. The summed E-state index contributed by atoms with van der Waals surface area (Å²) < 4.78 is 5.34. The van der Waals surface area contributed by atoms with Crippen molar-refractivity contribution in [1.82, 2.24) is 4.90 Å². The molecular weight excluding hydrogens is 398 g/mol. The molecular formula is C23H23N3O5. The van der Waals surface area contributed by atoms with Gasteiger partial charge in [0.05, 0.1) is 11.3 Å². The van der Waals surface area contributed by atoms with Crippen molar-refractivity contribution in [3.63, 3.8) is 0 Å². The molecule has 1 N–H and O–H groups in total. The molecule has 2 aromatic carbocycles. The van der Waals surface area contributed by atoms with E-state index in [1.807, 2.05) is 25.1 Å². The second-order valence-electron chi connectivity index (χ2n) is 7.56. The second-order valence-corrected chi connectivity index (χ2v) is 7.56. The molecule has 1 fully saturated rings. The van der Waals surface area contributed by atoms with Crippen LogP contribution in [0.2, 0.25) is 0 Å². The SMILES string of the molecule is CCc1ccccc1NC(=O)COC(=O)[C@]12CCC(=O)N1c1ccccc1C(=O)N2C. The minimum atomic E-state index is -1.59. The van der Waals surface area contributed by atoms with Gasteiger partial charge in [-0.2, -0.15) is 0 Å². The Kier molecular flexibility index (Phi) is 5.22. The molecule has 8 heteroatoms. The van der Waals surface area contributed by atoms with Crippen LogP contribution in [0.5, 0.6) is 0 Å². The molecule has 2 aliphatic heterocycles. The van der Waals surface area contributed by atoms with Crippen LogP contribution >= 0.6 is 0 Å². The molecule has 3 amide bonds. The van der Waals surface area contributed by atoms with Gasteiger partial charge in [0.15, 0.2) is 6.61 Å². The summed E-state index contributed by atoms with van der Waals surface area (Å²) in [6.45, 7) is 1.45. The number of carbonyl (C=O) groups excluding carboxylic acids is 4. The van der Waals surface area contributed by atoms with Gasteiger partial charge in [-0.3, -0.25) is 19.3 Å². The summed E-state index contributed by atoms with van der Waals surface area (Å²) >= 11 is 0. The summed E-state index contributed by atoms with van der Waals surface area (Å²) in [5.41, 5.74) is 0.747. The lowest BCUT2D eigenvalue weighted by Crippen LogP contribution is -2.67. The third kappa shape index (κ3) is 3.24. The molecule has 31 heavy (non-hydrogen) atoms. The van der Waals surface area contributed by atoms with Gasteiger partial charge in [-0.05, 0) is 30.2 Å². The molecule has 8 nitrogen and oxygen atoms in total. The molecule has 0 bridgehead atoms. The van der Waals surface area contributed by atoms with Crippen LogP contribution < -0.4 is 10.2 Å². The van der Waals surface area contributed by atoms with Crippen molar-refractivity contribution in [3.8, 4) is 0 Å². The number of esters is 1. The van der Waals surface area contributed by atoms with Crippen LogP contribution in [0.3, 0.4) is 0 Å². The van der Waals surface area contributed by atoms with E-state index in [0.717, 1.165) is 12.0 Å². The van der Waals surface area contributed by atoms with Crippen molar-refractivity contribution in [2.24, 2.45) is 0 Å². The van der Waals surface area contributed by atoms with Gasteiger partial charge in [-0.1, -0.05) is 37.3 Å². The topological polar surface area (TPSA) is 96.0 Å². The molecule has 160 valence electrons. The first-order chi connectivity index (χ1) is 14.9. The van der Waals surface area contributed by atoms with E-state index in [9.17, 15) is 19.2 Å². The van der Waals surface area contributed by atoms with Crippen molar-refractivity contribution in [2.45, 2.75) is 31.8 Å². The number of likely N-dealkylation sites (N-methyl/N-ethyl adjacent to an activating group) is 1. The summed E-state index contributed by atoms with van der Waals surface area (Å²) in [6.07, 6.45) is 0.932. The summed E-state index contributed by atoms with van der Waals surface area (Å²) in [7, 11) is 1.47. The molecule has 4 rings (SSSR count). The number of hydrogen-bond donors (Lipinski definition) is 1. The molecule has 0 unspecified atom stereocenters. The third-order valence-electron chi connectivity index (χ3n) is 5.88. The molecule has 0 radical (unpaired) electrons. The number of nitrogens with zero attached hydrogens (tertiary/aromatic N) is 2. The fourth-order valence-corrected chi connectivity index (χ4v) is 4.27. The van der Waals surface area contributed by atoms with E-state index in [2.05, 4.69) is 5.32 Å². The van der Waals surface area contributed by atoms with Crippen LogP contribution in [0.4, 0.5) is 11.4 Å². The van der Waals surface area contributed by atoms with Crippen LogP contribution in [0.1, 0.15) is 35.7 Å². The number of para-hydroxylation sites is 2. The van der Waals surface area contributed by atoms with E-state index in [4.69, 9.17) is 4.74 Å². The van der Waals surface area contributed by atoms with Crippen LogP contribution in [0.15, 0.2) is 48.5 Å². The Bertz CT molecular complexity index is 1080. The molecule has 2 aliphatic rings. The quantitative estimate of drug-likeness (QED) is 0.748. The fourth-order valence-electron chi connectivity index (χ4n) is 4.27. The number of benzene rings is 2. The molecule has 1 atom stereocenters. The second kappa shape index (κ2) is 7.86. The number of rotatable bonds is 5. The highest BCUT2D eigenvalue weighted by molar-refractivity contribution is 6.15. The van der Waals surface area contributed by atoms with E-state index in [0.29, 0.717) is 16.9 Å². The predicted molar refractivity (Wildman–Crippen MR) is 113 cm³/mol. The zero-order valence-electron chi connectivity index (χ0n) is 17.4. The molecule has 2 aromatic rings. The number of amides is 3. The molecule has 0 aliphatic carbocycles. The Hall–Kier alpha value is -3.68. The van der Waals surface area contributed by atoms with Crippen LogP contribution in [0.25, 0.3) is 0 Å². The first kappa shape index (κ1) is 20.6. The number of anilines is 2. The van der Waals surface area contributed by atoms with Crippen molar-refractivity contribution in [2.75, 3.05) is 23.9 Å². The van der Waals surface area contributed by atoms with Gasteiger partial charge in [0, 0.05) is 25.6 Å². The lowest BCUT2D eigenvalue weighted by Gasteiger charge is -2.46. The first-order valence-corrected chi connectivity index (χ1v) is 10.2. The summed E-state index contributed by atoms with van der Waals surface area (Å²) in [4.78, 5) is 53.8. The lowest BCUT2D eigenvalue weighted by atomic mass is 9.97. The molecule has 0 aromatic heterocycles. The van der Waals surface area contributed by atoms with E-state index in [1.54, 1.807) is 30.3 Å². The van der Waals surface area contributed by atoms with E-state index >= 15 is 0 Å². The van der Waals surface area contributed by atoms with Crippen molar-refractivity contribution < 1.29 is 23.9 Å². The van der Waals surface area contributed by atoms with E-state index in [1.165, 1.54) is 16.8 Å². The van der Waals surface area contributed by atoms with Gasteiger partial charge in [0.2, 0.25) is 11.6 Å². The summed E-state index contributed by atoms with van der Waals surface area (Å²) in [5, 5.41) is 2.74. The maximum atomic E-state index is 13.2. The molecule has 0 saturated carbocycles. The lowest BCUT2D eigenvalue weighted by molar-refractivity contribution is -0.158. The number of hydrogen-bond acceptors (Lipinski definition) is 5. The fraction of sp³-hybridized carbons (Fsp3) is 0.304. The maximum absolute atomic E-state index is 13.2. The predicted octanol–water partition coefficient (Wildman–Crippen LogP) is 2.34. The Balaban J connectivity index is 1.55. The van der Waals surface area contributed by atoms with Gasteiger partial charge in [-0.15, -0.1) is 0 Å². The smallest absolute Gasteiger partial charge is 0.354 e. The minimum absolute atomic E-state index is 0.0944. The Morgan fingerprint density at radius 3 is 2.58 bits per heavy atom. The molecule has 0 spiro atoms. The van der Waals surface area contributed by atoms with E-state index < -0.39 is 24.1 Å². The van der Waals surface area contributed by atoms with Crippen LogP contribution in [-0.4, -0.2) is 47.9 Å². The number of ether oxygens (including phenoxy) is 1. The zero-order chi connectivity index (χ0) is 22.2. The van der Waals surface area contributed by atoms with Crippen LogP contribution in [-0.2, 0) is 25.5 Å². The zero-order valence-corrected chi connectivity index (χ0v) is 17.4. The number of fused-ring (bicyclic) bond motifs is 3. The van der Waals surface area contributed by atoms with Crippen molar-refractivity contribution in [3.05, 3.63) is 59.7 Å². The van der Waals surface area contributed by atoms with Gasteiger partial charge in [0.25, 0.3) is 11.8 Å². The third-order valence-corrected chi connectivity index (χ3v) is 5.88. The van der Waals surface area contributed by atoms with E-state index in [-0.39, 0.29) is 24.7 Å². The normalized spacial score (nSPS) is 19.7. The molecule has 2 heterocycles. The number of aryl methyl sites for hydroxylation is 1. The van der Waals surface area contributed by atoms with Gasteiger partial charge in [0.1, 0.15) is 0 Å². The molecule has 1 saturated heterocycles. The summed E-state index contributed by atoms with van der Waals surface area (Å²) in [5.74, 6) is -1.95. The standard InChI is InChI=1S/C23H23N3O5/c1-3-15-8-4-6-10-17(15)24-19(27)14-31-22(30)23-13-12-20(28)26(23)18-11-7-5-9-16(18)21(29)25(23)2/h4-11H,3,12-14H2,1-2H3,(H,24,27)/t23-/m0/s1. The first-order valence-electron chi connectivity index (χ1n) is 10.2. The van der Waals surface area contributed by atoms with Gasteiger partial charge in [-0.25, -0.2) is 4.79 Å². The minimum Gasteiger partial charge on any atom is -0.452 e. The number of nitrogens with one attached hydrogen (secondary N) is 1. The highest BCUT2D eigenvalue weighted by Crippen LogP contribution is 2.44. The Labute approximate surface area is 179 Å². The highest BCUT2D eigenvalue weighted by atomic mass is 16.5. The van der Waals surface area contributed by atoms with Crippen molar-refractivity contribution in [1.29, 1.82) is 0 Å². The Morgan fingerprint density at radius 2 is 1.81 bits per heavy atom. The van der Waals surface area contributed by atoms with Gasteiger partial charge >= 0.3 is 5.97 Å². The average Bonchev–Trinajstić information content (AvgIpc) is 3.14. The number of carbonyl (C=O) groups is 4. The van der Waals surface area contributed by atoms with Gasteiger partial charge < -0.3 is 15.0 Å². The Morgan fingerprint density at radius 1 is 1.10 bits per heavy atom. The average molecular weight is 421 g/mol. The maximum Gasteiger partial charge on any atom is 0.354 e. The van der Waals surface area contributed by atoms with Crippen molar-refractivity contribution >= 4 is 35.1 Å².